The first-order valence-electron chi connectivity index (χ1n) is 10.8. The van der Waals surface area contributed by atoms with Crippen molar-refractivity contribution in [2.24, 2.45) is 16.7 Å². The molecule has 2 saturated carbocycles. The lowest BCUT2D eigenvalue weighted by Crippen LogP contribution is -2.49. The van der Waals surface area contributed by atoms with Gasteiger partial charge < -0.3 is 14.7 Å². The normalized spacial score (nSPS) is 33.4. The molecule has 1 N–H and O–H groups in total. The molecule has 1 aliphatic heterocycles. The predicted octanol–water partition coefficient (Wildman–Crippen LogP) is 4.05. The van der Waals surface area contributed by atoms with Crippen molar-refractivity contribution in [3.05, 3.63) is 29.3 Å². The fraction of sp³-hybridized carbons (Fsp3) is 0.739. The first-order valence-corrected chi connectivity index (χ1v) is 11.2. The minimum absolute atomic E-state index is 0.264. The minimum atomic E-state index is -0.413. The van der Waals surface area contributed by atoms with E-state index in [0.29, 0.717) is 24.7 Å². The second-order valence-corrected chi connectivity index (χ2v) is 10.3. The van der Waals surface area contributed by atoms with Crippen molar-refractivity contribution in [3.8, 4) is 0 Å². The molecule has 2 bridgehead atoms. The summed E-state index contributed by atoms with van der Waals surface area (Å²) in [6.45, 7) is 12.2. The van der Waals surface area contributed by atoms with Crippen LogP contribution in [-0.2, 0) is 4.74 Å². The molecular formula is C23H35ClN2O2. The van der Waals surface area contributed by atoms with Crippen LogP contribution in [0.25, 0.3) is 0 Å². The van der Waals surface area contributed by atoms with Crippen molar-refractivity contribution in [1.82, 2.24) is 4.90 Å². The Kier molecular flexibility index (Phi) is 5.69. The van der Waals surface area contributed by atoms with Crippen LogP contribution >= 0.6 is 11.6 Å². The lowest BCUT2D eigenvalue weighted by atomic mass is 9.70. The summed E-state index contributed by atoms with van der Waals surface area (Å²) in [6, 6.07) is 8.05. The molecule has 4 nitrogen and oxygen atoms in total. The largest absolute Gasteiger partial charge is 0.389 e. The SMILES string of the molecule is CC1(C)[C@@H]2CC[C@@]1(C)[C@H](OC[C@H](O)CN1CCN(c3cccc(Cl)c3)CC1)C2. The molecular weight excluding hydrogens is 372 g/mol. The molecule has 1 aromatic rings. The molecule has 1 heterocycles. The Bertz CT molecular complexity index is 689. The number of β-amino-alcohol motifs (C(OH)–C–C–N with tert-alkyl or cyclic N) is 1. The zero-order valence-corrected chi connectivity index (χ0v) is 18.3. The van der Waals surface area contributed by atoms with E-state index in [9.17, 15) is 5.11 Å². The molecule has 28 heavy (non-hydrogen) atoms. The van der Waals surface area contributed by atoms with Gasteiger partial charge in [-0.25, -0.2) is 0 Å². The molecule has 2 aliphatic carbocycles. The van der Waals surface area contributed by atoms with Crippen LogP contribution in [0.2, 0.25) is 5.02 Å². The van der Waals surface area contributed by atoms with E-state index in [-0.39, 0.29) is 5.41 Å². The van der Waals surface area contributed by atoms with Crippen molar-refractivity contribution < 1.29 is 9.84 Å². The van der Waals surface area contributed by atoms with Gasteiger partial charge in [-0.2, -0.15) is 0 Å². The summed E-state index contributed by atoms with van der Waals surface area (Å²) < 4.78 is 6.28. The highest BCUT2D eigenvalue weighted by Crippen LogP contribution is 2.66. The van der Waals surface area contributed by atoms with Gasteiger partial charge in [-0.1, -0.05) is 38.4 Å². The Morgan fingerprint density at radius 1 is 1.21 bits per heavy atom. The Morgan fingerprint density at radius 2 is 1.96 bits per heavy atom. The van der Waals surface area contributed by atoms with Crippen LogP contribution in [0.3, 0.4) is 0 Å². The third kappa shape index (κ3) is 3.69. The smallest absolute Gasteiger partial charge is 0.0900 e. The summed E-state index contributed by atoms with van der Waals surface area (Å²) >= 11 is 6.12. The first kappa shape index (κ1) is 20.5. The quantitative estimate of drug-likeness (QED) is 0.772. The molecule has 4 rings (SSSR count). The van der Waals surface area contributed by atoms with E-state index in [1.165, 1.54) is 18.5 Å². The number of halogens is 1. The number of rotatable bonds is 6. The van der Waals surface area contributed by atoms with Crippen molar-refractivity contribution in [2.75, 3.05) is 44.2 Å². The maximum absolute atomic E-state index is 10.6. The van der Waals surface area contributed by atoms with E-state index in [4.69, 9.17) is 16.3 Å². The van der Waals surface area contributed by atoms with Gasteiger partial charge in [0.2, 0.25) is 0 Å². The summed E-state index contributed by atoms with van der Waals surface area (Å²) in [5.41, 5.74) is 1.81. The zero-order valence-electron chi connectivity index (χ0n) is 17.5. The Balaban J connectivity index is 1.22. The number of fused-ring (bicyclic) bond motifs is 2. The number of hydrogen-bond acceptors (Lipinski definition) is 4. The third-order valence-corrected chi connectivity index (χ3v) is 8.45. The maximum atomic E-state index is 10.6. The van der Waals surface area contributed by atoms with Gasteiger partial charge in [-0.15, -0.1) is 0 Å². The van der Waals surface area contributed by atoms with Crippen LogP contribution in [0.15, 0.2) is 24.3 Å². The molecule has 1 saturated heterocycles. The fourth-order valence-electron chi connectivity index (χ4n) is 5.82. The standard InChI is InChI=1S/C23H35ClN2O2/c1-22(2)17-7-8-23(22,3)21(13-17)28-16-20(27)15-25-9-11-26(12-10-25)19-6-4-5-18(24)14-19/h4-6,14,17,20-21,27H,7-13,15-16H2,1-3H3/t17-,20-,21-,23+/m1/s1. The van der Waals surface area contributed by atoms with Crippen LogP contribution in [0.4, 0.5) is 5.69 Å². The lowest BCUT2D eigenvalue weighted by molar-refractivity contribution is -0.0794. The molecule has 3 fully saturated rings. The van der Waals surface area contributed by atoms with Gasteiger partial charge in [0, 0.05) is 43.4 Å². The number of aliphatic hydroxyl groups excluding tert-OH is 1. The molecule has 1 aromatic carbocycles. The maximum Gasteiger partial charge on any atom is 0.0900 e. The monoisotopic (exact) mass is 406 g/mol. The van der Waals surface area contributed by atoms with Crippen LogP contribution in [0.1, 0.15) is 40.0 Å². The highest BCUT2D eigenvalue weighted by molar-refractivity contribution is 6.30. The predicted molar refractivity (Wildman–Crippen MR) is 115 cm³/mol. The molecule has 0 unspecified atom stereocenters. The number of benzene rings is 1. The average molecular weight is 407 g/mol. The van der Waals surface area contributed by atoms with Crippen molar-refractivity contribution in [1.29, 1.82) is 0 Å². The molecule has 0 aromatic heterocycles. The third-order valence-electron chi connectivity index (χ3n) is 8.22. The van der Waals surface area contributed by atoms with Gasteiger partial charge in [0.05, 0.1) is 18.8 Å². The average Bonchev–Trinajstić information content (AvgIpc) is 3.00. The van der Waals surface area contributed by atoms with E-state index in [1.54, 1.807) is 0 Å². The molecule has 0 spiro atoms. The van der Waals surface area contributed by atoms with Gasteiger partial charge >= 0.3 is 0 Å². The summed E-state index contributed by atoms with van der Waals surface area (Å²) in [4.78, 5) is 4.71. The van der Waals surface area contributed by atoms with Crippen molar-refractivity contribution in [3.63, 3.8) is 0 Å². The van der Waals surface area contributed by atoms with Gasteiger partial charge in [0.1, 0.15) is 0 Å². The second-order valence-electron chi connectivity index (χ2n) is 9.85. The van der Waals surface area contributed by atoms with Gasteiger partial charge in [-0.3, -0.25) is 4.90 Å². The van der Waals surface area contributed by atoms with E-state index in [0.717, 1.165) is 43.5 Å². The van der Waals surface area contributed by atoms with Crippen LogP contribution < -0.4 is 4.90 Å². The Labute approximate surface area is 174 Å². The first-order chi connectivity index (χ1) is 13.3. The Morgan fingerprint density at radius 3 is 2.57 bits per heavy atom. The van der Waals surface area contributed by atoms with E-state index in [2.05, 4.69) is 36.6 Å². The summed E-state index contributed by atoms with van der Waals surface area (Å²) in [5.74, 6) is 0.777. The van der Waals surface area contributed by atoms with E-state index in [1.807, 2.05) is 18.2 Å². The van der Waals surface area contributed by atoms with Crippen LogP contribution in [-0.4, -0.2) is 61.5 Å². The Hall–Kier alpha value is -0.810. The van der Waals surface area contributed by atoms with Crippen molar-refractivity contribution >= 4 is 17.3 Å². The molecule has 5 heteroatoms. The summed E-state index contributed by atoms with van der Waals surface area (Å²) in [6.07, 6.45) is 3.65. The number of nitrogens with zero attached hydrogens (tertiary/aromatic N) is 2. The number of hydrogen-bond donors (Lipinski definition) is 1. The van der Waals surface area contributed by atoms with Gasteiger partial charge in [0.15, 0.2) is 0 Å². The topological polar surface area (TPSA) is 35.9 Å². The summed E-state index contributed by atoms with van der Waals surface area (Å²) in [5, 5.41) is 11.3. The number of piperazine rings is 1. The van der Waals surface area contributed by atoms with Gasteiger partial charge in [-0.05, 0) is 54.2 Å². The van der Waals surface area contributed by atoms with Crippen LogP contribution in [0.5, 0.6) is 0 Å². The molecule has 3 aliphatic rings. The van der Waals surface area contributed by atoms with Crippen LogP contribution in [0, 0.1) is 16.7 Å². The number of anilines is 1. The highest BCUT2D eigenvalue weighted by atomic mass is 35.5. The summed E-state index contributed by atoms with van der Waals surface area (Å²) in [7, 11) is 0. The highest BCUT2D eigenvalue weighted by Gasteiger charge is 2.61. The zero-order chi connectivity index (χ0) is 19.9. The fourth-order valence-corrected chi connectivity index (χ4v) is 6.01. The van der Waals surface area contributed by atoms with Gasteiger partial charge in [0.25, 0.3) is 0 Å². The molecule has 0 amide bonds. The minimum Gasteiger partial charge on any atom is -0.389 e. The lowest BCUT2D eigenvalue weighted by Gasteiger charge is -2.39. The number of ether oxygens (including phenoxy) is 1. The van der Waals surface area contributed by atoms with Crippen molar-refractivity contribution in [2.45, 2.75) is 52.2 Å². The molecule has 156 valence electrons. The number of aliphatic hydroxyl groups is 1. The second kappa shape index (κ2) is 7.79. The molecule has 4 atom stereocenters. The molecule has 0 radical (unpaired) electrons. The van der Waals surface area contributed by atoms with E-state index < -0.39 is 6.10 Å². The van der Waals surface area contributed by atoms with E-state index >= 15 is 0 Å².